The first-order chi connectivity index (χ1) is 12.8. The van der Waals surface area contributed by atoms with Gasteiger partial charge in [0.15, 0.2) is 0 Å². The Hall–Kier alpha value is -2.54. The molecule has 2 N–H and O–H groups in total. The van der Waals surface area contributed by atoms with E-state index in [9.17, 15) is 4.79 Å². The minimum atomic E-state index is -0.208. The normalized spacial score (nSPS) is 14.4. The summed E-state index contributed by atoms with van der Waals surface area (Å²) in [4.78, 5) is 15.4. The number of hydrogen-bond donors (Lipinski definition) is 2. The van der Waals surface area contributed by atoms with E-state index in [-0.39, 0.29) is 12.5 Å². The Morgan fingerprint density at radius 2 is 2.04 bits per heavy atom. The van der Waals surface area contributed by atoms with E-state index in [0.29, 0.717) is 5.75 Å². The van der Waals surface area contributed by atoms with Crippen LogP contribution in [0.5, 0.6) is 5.75 Å². The highest BCUT2D eigenvalue weighted by atomic mass is 32.1. The van der Waals surface area contributed by atoms with E-state index in [1.54, 1.807) is 24.7 Å². The Labute approximate surface area is 157 Å². The number of nitrogens with zero attached hydrogens (tertiary/aromatic N) is 2. The summed E-state index contributed by atoms with van der Waals surface area (Å²) in [6.45, 7) is 2.38. The number of nitrogens with one attached hydrogen (secondary N) is 2. The first kappa shape index (κ1) is 18.3. The van der Waals surface area contributed by atoms with Gasteiger partial charge in [0.25, 0.3) is 5.91 Å². The van der Waals surface area contributed by atoms with E-state index >= 15 is 0 Å². The van der Waals surface area contributed by atoms with Gasteiger partial charge in [0, 0.05) is 18.0 Å². The van der Waals surface area contributed by atoms with Gasteiger partial charge >= 0.3 is 0 Å². The molecule has 1 amide bonds. The maximum Gasteiger partial charge on any atom is 0.259 e. The summed E-state index contributed by atoms with van der Waals surface area (Å²) < 4.78 is 5.24. The molecular formula is C19H24N4O2S. The van der Waals surface area contributed by atoms with Crippen LogP contribution in [-0.2, 0) is 4.79 Å². The van der Waals surface area contributed by atoms with Crippen LogP contribution < -0.4 is 20.4 Å². The van der Waals surface area contributed by atoms with E-state index in [4.69, 9.17) is 4.74 Å². The molecular weight excluding hydrogens is 348 g/mol. The molecule has 0 atom stereocenters. The predicted molar refractivity (Wildman–Crippen MR) is 108 cm³/mol. The van der Waals surface area contributed by atoms with Crippen molar-refractivity contribution in [3.05, 3.63) is 41.3 Å². The Morgan fingerprint density at radius 3 is 2.85 bits per heavy atom. The van der Waals surface area contributed by atoms with E-state index in [1.165, 1.54) is 24.3 Å². The zero-order chi connectivity index (χ0) is 18.2. The fourth-order valence-electron chi connectivity index (χ4n) is 2.87. The van der Waals surface area contributed by atoms with E-state index < -0.39 is 0 Å². The zero-order valence-electron chi connectivity index (χ0n) is 14.9. The summed E-state index contributed by atoms with van der Waals surface area (Å²) in [5.41, 5.74) is 3.32. The number of para-hydroxylation sites is 2. The first-order valence-electron chi connectivity index (χ1n) is 8.80. The zero-order valence-corrected chi connectivity index (χ0v) is 15.7. The van der Waals surface area contributed by atoms with Gasteiger partial charge in [-0.25, -0.2) is 5.43 Å². The van der Waals surface area contributed by atoms with Crippen LogP contribution in [0.1, 0.15) is 24.1 Å². The molecule has 7 heteroatoms. The van der Waals surface area contributed by atoms with Gasteiger partial charge in [0.05, 0.1) is 30.6 Å². The van der Waals surface area contributed by atoms with Crippen molar-refractivity contribution in [3.8, 4) is 5.75 Å². The molecule has 1 fully saturated rings. The largest absolute Gasteiger partial charge is 0.495 e. The number of methoxy groups -OCH3 is 1. The monoisotopic (exact) mass is 372 g/mol. The smallest absolute Gasteiger partial charge is 0.259 e. The van der Waals surface area contributed by atoms with Crippen molar-refractivity contribution in [1.29, 1.82) is 0 Å². The van der Waals surface area contributed by atoms with E-state index in [1.807, 2.05) is 30.3 Å². The topological polar surface area (TPSA) is 66.0 Å². The van der Waals surface area contributed by atoms with Crippen molar-refractivity contribution in [3.63, 3.8) is 0 Å². The van der Waals surface area contributed by atoms with Crippen molar-refractivity contribution in [2.24, 2.45) is 5.10 Å². The highest BCUT2D eigenvalue weighted by molar-refractivity contribution is 7.17. The van der Waals surface area contributed by atoms with Crippen molar-refractivity contribution >= 4 is 34.1 Å². The van der Waals surface area contributed by atoms with Gasteiger partial charge in [-0.2, -0.15) is 5.10 Å². The molecule has 0 spiro atoms. The molecule has 0 bridgehead atoms. The van der Waals surface area contributed by atoms with Gasteiger partial charge in [-0.3, -0.25) is 4.79 Å². The molecule has 0 aliphatic carbocycles. The maximum absolute atomic E-state index is 11.9. The molecule has 2 heterocycles. The quantitative estimate of drug-likeness (QED) is 0.578. The Kier molecular flexibility index (Phi) is 6.49. The fraction of sp³-hybridized carbons (Fsp3) is 0.368. The van der Waals surface area contributed by atoms with E-state index in [2.05, 4.69) is 26.8 Å². The second-order valence-electron chi connectivity index (χ2n) is 6.07. The lowest BCUT2D eigenvalue weighted by molar-refractivity contribution is -0.119. The van der Waals surface area contributed by atoms with E-state index in [0.717, 1.165) is 23.7 Å². The molecule has 138 valence electrons. The van der Waals surface area contributed by atoms with Gasteiger partial charge in [-0.05, 0) is 43.5 Å². The molecule has 0 unspecified atom stereocenters. The molecule has 1 aromatic heterocycles. The summed E-state index contributed by atoms with van der Waals surface area (Å²) in [7, 11) is 1.60. The molecule has 3 rings (SSSR count). The third-order valence-electron chi connectivity index (χ3n) is 4.21. The first-order valence-corrected chi connectivity index (χ1v) is 9.61. The molecule has 1 aliphatic heterocycles. The number of carbonyl (C=O) groups is 1. The number of hydrogen-bond acceptors (Lipinski definition) is 6. The third kappa shape index (κ3) is 4.98. The highest BCUT2D eigenvalue weighted by Gasteiger charge is 2.12. The second kappa shape index (κ2) is 9.24. The Bertz CT molecular complexity index is 754. The average molecular weight is 372 g/mol. The van der Waals surface area contributed by atoms with Crippen LogP contribution in [-0.4, -0.2) is 38.9 Å². The number of carbonyl (C=O) groups excluding carboxylic acids is 1. The minimum absolute atomic E-state index is 0.126. The van der Waals surface area contributed by atoms with Crippen molar-refractivity contribution in [2.45, 2.75) is 19.3 Å². The summed E-state index contributed by atoms with van der Waals surface area (Å²) in [5.74, 6) is 0.493. The number of amides is 1. The lowest BCUT2D eigenvalue weighted by atomic mass is 10.1. The molecule has 0 saturated carbocycles. The maximum atomic E-state index is 11.9. The number of rotatable bonds is 7. The summed E-state index contributed by atoms with van der Waals surface area (Å²) in [6.07, 6.45) is 5.54. The lowest BCUT2D eigenvalue weighted by Crippen LogP contribution is -2.28. The van der Waals surface area contributed by atoms with Gasteiger partial charge in [-0.15, -0.1) is 11.3 Å². The predicted octanol–water partition coefficient (Wildman–Crippen LogP) is 3.31. The molecule has 6 nitrogen and oxygen atoms in total. The molecule has 1 saturated heterocycles. The molecule has 1 aliphatic rings. The molecule has 2 aromatic rings. The van der Waals surface area contributed by atoms with Crippen LogP contribution in [0.3, 0.4) is 0 Å². The number of ether oxygens (including phenoxy) is 1. The number of hydrazone groups is 1. The number of benzene rings is 1. The number of piperidine rings is 1. The Morgan fingerprint density at radius 1 is 1.23 bits per heavy atom. The van der Waals surface area contributed by atoms with Crippen LogP contribution in [0.4, 0.5) is 10.7 Å². The molecule has 0 radical (unpaired) electrons. The van der Waals surface area contributed by atoms with Gasteiger partial charge in [0.1, 0.15) is 5.75 Å². The molecule has 26 heavy (non-hydrogen) atoms. The van der Waals surface area contributed by atoms with Crippen LogP contribution in [0.15, 0.2) is 41.5 Å². The summed E-state index contributed by atoms with van der Waals surface area (Å²) in [6, 6.07) is 11.6. The average Bonchev–Trinajstić information content (AvgIpc) is 3.16. The standard InChI is InChI=1S/C19H24N4O2S/c1-25-17-8-4-3-7-16(17)20-14-18(24)22-21-13-15-9-10-19(26-15)23-11-5-2-6-12-23/h3-4,7-10,13,20H,2,5-6,11-12,14H2,1H3,(H,22,24)/b21-13-. The SMILES string of the molecule is COc1ccccc1NCC(=O)N/N=C\c1ccc(N2CCCCC2)s1. The van der Waals surface area contributed by atoms with Crippen molar-refractivity contribution in [1.82, 2.24) is 5.43 Å². The van der Waals surface area contributed by atoms with Gasteiger partial charge in [-0.1, -0.05) is 12.1 Å². The summed E-state index contributed by atoms with van der Waals surface area (Å²) >= 11 is 1.70. The van der Waals surface area contributed by atoms with Gasteiger partial charge in [0.2, 0.25) is 0 Å². The number of thiophene rings is 1. The fourth-order valence-corrected chi connectivity index (χ4v) is 3.80. The van der Waals surface area contributed by atoms with Gasteiger partial charge < -0.3 is 15.0 Å². The van der Waals surface area contributed by atoms with Crippen LogP contribution in [0.25, 0.3) is 0 Å². The molecule has 1 aromatic carbocycles. The van der Waals surface area contributed by atoms with Crippen molar-refractivity contribution < 1.29 is 9.53 Å². The number of anilines is 2. The second-order valence-corrected chi connectivity index (χ2v) is 7.16. The third-order valence-corrected chi connectivity index (χ3v) is 5.29. The Balaban J connectivity index is 1.46. The van der Waals surface area contributed by atoms with Crippen LogP contribution in [0, 0.1) is 0 Å². The van der Waals surface area contributed by atoms with Crippen LogP contribution in [0.2, 0.25) is 0 Å². The highest BCUT2D eigenvalue weighted by Crippen LogP contribution is 2.27. The minimum Gasteiger partial charge on any atom is -0.495 e. The van der Waals surface area contributed by atoms with Crippen molar-refractivity contribution in [2.75, 3.05) is 37.0 Å². The van der Waals surface area contributed by atoms with Crippen LogP contribution >= 0.6 is 11.3 Å². The summed E-state index contributed by atoms with van der Waals surface area (Å²) in [5, 5.41) is 8.37. The lowest BCUT2D eigenvalue weighted by Gasteiger charge is -2.27.